The van der Waals surface area contributed by atoms with Gasteiger partial charge in [0.15, 0.2) is 0 Å². The Bertz CT molecular complexity index is 171. The molecule has 0 bridgehead atoms. The fraction of sp³-hybridized carbons (Fsp3) is 0.800. The van der Waals surface area contributed by atoms with Gasteiger partial charge >= 0.3 is 0 Å². The van der Waals surface area contributed by atoms with Crippen molar-refractivity contribution in [1.29, 1.82) is 0 Å². The Morgan fingerprint density at radius 3 is 2.69 bits per heavy atom. The molecule has 0 fully saturated rings. The van der Waals surface area contributed by atoms with Gasteiger partial charge in [0.1, 0.15) is 0 Å². The van der Waals surface area contributed by atoms with Gasteiger partial charge in [-0.05, 0) is 13.3 Å². The average Bonchev–Trinajstić information content (AvgIpc) is 2.17. The van der Waals surface area contributed by atoms with Gasteiger partial charge in [-0.1, -0.05) is 13.8 Å². The summed E-state index contributed by atoms with van der Waals surface area (Å²) in [6, 6.07) is 0.325. The lowest BCUT2D eigenvalue weighted by atomic mass is 10.2. The Morgan fingerprint density at radius 2 is 2.23 bits per heavy atom. The van der Waals surface area contributed by atoms with E-state index in [1.165, 1.54) is 6.42 Å². The van der Waals surface area contributed by atoms with Crippen LogP contribution < -0.4 is 11.3 Å². The smallest absolute Gasteiger partial charge is 0.0410 e. The molecular formula is C10H20N2S. The number of thioether (sulfide) groups is 1. The van der Waals surface area contributed by atoms with E-state index in [9.17, 15) is 0 Å². The quantitative estimate of drug-likeness (QED) is 0.390. The number of rotatable bonds is 6. The van der Waals surface area contributed by atoms with Crippen molar-refractivity contribution in [2.24, 2.45) is 5.84 Å². The van der Waals surface area contributed by atoms with E-state index in [0.717, 1.165) is 12.2 Å². The monoisotopic (exact) mass is 200 g/mol. The first kappa shape index (κ1) is 12.8. The molecule has 0 aliphatic carbocycles. The van der Waals surface area contributed by atoms with Crippen molar-refractivity contribution >= 4 is 11.8 Å². The van der Waals surface area contributed by atoms with Crippen LogP contribution in [0.2, 0.25) is 0 Å². The van der Waals surface area contributed by atoms with Crippen molar-refractivity contribution in [1.82, 2.24) is 5.43 Å². The second-order valence-electron chi connectivity index (χ2n) is 3.05. The third-order valence-corrected chi connectivity index (χ3v) is 3.41. The first-order chi connectivity index (χ1) is 6.24. The van der Waals surface area contributed by atoms with Crippen LogP contribution in [0.25, 0.3) is 0 Å². The number of hydrogen-bond donors (Lipinski definition) is 2. The third-order valence-electron chi connectivity index (χ3n) is 1.92. The lowest BCUT2D eigenvalue weighted by Crippen LogP contribution is -2.37. The minimum atomic E-state index is 0.325. The zero-order chi connectivity index (χ0) is 10.1. The van der Waals surface area contributed by atoms with E-state index in [-0.39, 0.29) is 0 Å². The standard InChI is InChI=1S/C10H20N2S/c1-4-6-7-10(12-11)8-13-9(3)5-2/h9-10,12H,5,7-8,11H2,1-3H3. The molecule has 0 saturated carbocycles. The molecule has 76 valence electrons. The summed E-state index contributed by atoms with van der Waals surface area (Å²) in [7, 11) is 0. The number of nitrogens with one attached hydrogen (secondary N) is 1. The highest BCUT2D eigenvalue weighted by Gasteiger charge is 2.07. The van der Waals surface area contributed by atoms with Crippen LogP contribution in [0.4, 0.5) is 0 Å². The van der Waals surface area contributed by atoms with Gasteiger partial charge in [-0.25, -0.2) is 0 Å². The van der Waals surface area contributed by atoms with E-state index < -0.39 is 0 Å². The van der Waals surface area contributed by atoms with E-state index in [0.29, 0.717) is 11.3 Å². The largest absolute Gasteiger partial charge is 0.271 e. The maximum Gasteiger partial charge on any atom is 0.0410 e. The summed E-state index contributed by atoms with van der Waals surface area (Å²) in [6.45, 7) is 6.30. The number of hydrazine groups is 1. The van der Waals surface area contributed by atoms with Crippen LogP contribution in [0.15, 0.2) is 0 Å². The highest BCUT2D eigenvalue weighted by molar-refractivity contribution is 7.99. The second kappa shape index (κ2) is 8.43. The maximum absolute atomic E-state index is 5.41. The normalized spacial score (nSPS) is 14.5. The van der Waals surface area contributed by atoms with E-state index in [1.807, 2.05) is 18.7 Å². The summed E-state index contributed by atoms with van der Waals surface area (Å²) in [4.78, 5) is 0. The first-order valence-corrected chi connectivity index (χ1v) is 5.76. The summed E-state index contributed by atoms with van der Waals surface area (Å²) in [5.74, 6) is 12.4. The van der Waals surface area contributed by atoms with Crippen molar-refractivity contribution in [2.45, 2.75) is 44.9 Å². The molecule has 0 aliphatic heterocycles. The Morgan fingerprint density at radius 1 is 1.54 bits per heavy atom. The molecule has 0 amide bonds. The second-order valence-corrected chi connectivity index (χ2v) is 4.52. The van der Waals surface area contributed by atoms with Gasteiger partial charge in [-0.15, -0.1) is 11.8 Å². The fourth-order valence-corrected chi connectivity index (χ4v) is 1.80. The molecule has 0 saturated heterocycles. The molecule has 2 nitrogen and oxygen atoms in total. The lowest BCUT2D eigenvalue weighted by Gasteiger charge is -2.15. The van der Waals surface area contributed by atoms with Crippen LogP contribution in [0.3, 0.4) is 0 Å². The van der Waals surface area contributed by atoms with Crippen molar-refractivity contribution in [3.63, 3.8) is 0 Å². The first-order valence-electron chi connectivity index (χ1n) is 4.71. The Labute approximate surface area is 86.0 Å². The Balaban J connectivity index is 3.62. The van der Waals surface area contributed by atoms with Gasteiger partial charge in [-0.2, -0.15) is 11.8 Å². The molecule has 0 spiro atoms. The molecule has 3 N–H and O–H groups in total. The molecular weight excluding hydrogens is 180 g/mol. The molecule has 0 heterocycles. The number of nitrogens with two attached hydrogens (primary N) is 1. The highest BCUT2D eigenvalue weighted by atomic mass is 32.2. The summed E-state index contributed by atoms with van der Waals surface area (Å²) in [6.07, 6.45) is 2.05. The van der Waals surface area contributed by atoms with Gasteiger partial charge in [0, 0.05) is 23.5 Å². The number of hydrogen-bond acceptors (Lipinski definition) is 3. The van der Waals surface area contributed by atoms with Crippen molar-refractivity contribution in [3.8, 4) is 11.8 Å². The van der Waals surface area contributed by atoms with Crippen molar-refractivity contribution < 1.29 is 0 Å². The molecule has 2 atom stereocenters. The van der Waals surface area contributed by atoms with E-state index in [4.69, 9.17) is 5.84 Å². The van der Waals surface area contributed by atoms with Crippen molar-refractivity contribution in [2.75, 3.05) is 5.75 Å². The minimum absolute atomic E-state index is 0.325. The highest BCUT2D eigenvalue weighted by Crippen LogP contribution is 2.15. The van der Waals surface area contributed by atoms with E-state index in [2.05, 4.69) is 31.1 Å². The zero-order valence-electron chi connectivity index (χ0n) is 8.76. The molecule has 0 aromatic rings. The average molecular weight is 200 g/mol. The predicted molar refractivity (Wildman–Crippen MR) is 61.4 cm³/mol. The van der Waals surface area contributed by atoms with E-state index in [1.54, 1.807) is 0 Å². The topological polar surface area (TPSA) is 38.0 Å². The summed E-state index contributed by atoms with van der Waals surface area (Å²) < 4.78 is 0. The van der Waals surface area contributed by atoms with Crippen LogP contribution in [-0.2, 0) is 0 Å². The summed E-state index contributed by atoms with van der Waals surface area (Å²) in [5.41, 5.74) is 2.79. The van der Waals surface area contributed by atoms with Gasteiger partial charge in [0.25, 0.3) is 0 Å². The summed E-state index contributed by atoms with van der Waals surface area (Å²) in [5, 5.41) is 0.713. The van der Waals surface area contributed by atoms with Crippen LogP contribution in [0, 0.1) is 11.8 Å². The van der Waals surface area contributed by atoms with Gasteiger partial charge in [0.2, 0.25) is 0 Å². The third kappa shape index (κ3) is 6.94. The Hall–Kier alpha value is -0.170. The molecule has 13 heavy (non-hydrogen) atoms. The molecule has 2 unspecified atom stereocenters. The van der Waals surface area contributed by atoms with Crippen LogP contribution in [0.5, 0.6) is 0 Å². The molecule has 0 rings (SSSR count). The summed E-state index contributed by atoms with van der Waals surface area (Å²) >= 11 is 1.95. The van der Waals surface area contributed by atoms with Gasteiger partial charge in [-0.3, -0.25) is 11.3 Å². The molecule has 3 heteroatoms. The Kier molecular flexibility index (Phi) is 8.32. The minimum Gasteiger partial charge on any atom is -0.271 e. The van der Waals surface area contributed by atoms with Crippen LogP contribution in [-0.4, -0.2) is 17.0 Å². The van der Waals surface area contributed by atoms with Crippen LogP contribution in [0.1, 0.15) is 33.6 Å². The van der Waals surface area contributed by atoms with Crippen LogP contribution >= 0.6 is 11.8 Å². The predicted octanol–water partition coefficient (Wildman–Crippen LogP) is 1.76. The molecule has 0 aliphatic rings. The van der Waals surface area contributed by atoms with Gasteiger partial charge < -0.3 is 0 Å². The lowest BCUT2D eigenvalue weighted by molar-refractivity contribution is 0.590. The molecule has 0 radical (unpaired) electrons. The van der Waals surface area contributed by atoms with E-state index >= 15 is 0 Å². The zero-order valence-corrected chi connectivity index (χ0v) is 9.58. The SMILES string of the molecule is CC#CCC(CSC(C)CC)NN. The fourth-order valence-electron chi connectivity index (χ4n) is 0.789. The molecule has 0 aromatic heterocycles. The maximum atomic E-state index is 5.41. The van der Waals surface area contributed by atoms with Gasteiger partial charge in [0.05, 0.1) is 0 Å². The molecule has 0 aromatic carbocycles. The van der Waals surface area contributed by atoms with Crippen molar-refractivity contribution in [3.05, 3.63) is 0 Å².